The van der Waals surface area contributed by atoms with Crippen LogP contribution in [0.4, 0.5) is 0 Å². The minimum absolute atomic E-state index is 0.463. The topological polar surface area (TPSA) is 53.3 Å². The Kier molecular flexibility index (Phi) is 5.43. The Morgan fingerprint density at radius 3 is 2.76 bits per heavy atom. The zero-order valence-electron chi connectivity index (χ0n) is 14.2. The predicted octanol–water partition coefficient (Wildman–Crippen LogP) is 4.68. The molecule has 1 aliphatic rings. The largest absolute Gasteiger partial charge is 0.456 e. The first kappa shape index (κ1) is 17.9. The van der Waals surface area contributed by atoms with E-state index in [0.29, 0.717) is 32.9 Å². The van der Waals surface area contributed by atoms with Crippen LogP contribution < -0.4 is 4.74 Å². The van der Waals surface area contributed by atoms with Crippen molar-refractivity contribution in [1.29, 1.82) is 5.26 Å². The molecule has 1 aliphatic heterocycles. The van der Waals surface area contributed by atoms with Gasteiger partial charge in [-0.2, -0.15) is 5.26 Å². The van der Waals surface area contributed by atoms with E-state index in [1.165, 1.54) is 0 Å². The number of nitriles is 1. The van der Waals surface area contributed by atoms with Crippen LogP contribution in [0.5, 0.6) is 11.5 Å². The molecule has 0 radical (unpaired) electrons. The molecule has 2 aromatic carbocycles. The molecule has 2 unspecified atom stereocenters. The maximum Gasteiger partial charge on any atom is 0.145 e. The fraction of sp³-hybridized carbons (Fsp3) is 0.316. The van der Waals surface area contributed by atoms with E-state index < -0.39 is 11.0 Å². The van der Waals surface area contributed by atoms with Gasteiger partial charge in [0.05, 0.1) is 16.5 Å². The van der Waals surface area contributed by atoms with Crippen molar-refractivity contribution in [3.8, 4) is 17.6 Å². The first-order valence-corrected chi connectivity index (χ1v) is 9.61. The molecule has 0 spiro atoms. The van der Waals surface area contributed by atoms with Crippen molar-refractivity contribution in [2.75, 3.05) is 13.1 Å². The first-order valence-electron chi connectivity index (χ1n) is 8.12. The van der Waals surface area contributed by atoms with E-state index in [1.54, 1.807) is 24.3 Å². The number of halogens is 1. The Hall–Kier alpha value is -1.87. The summed E-state index contributed by atoms with van der Waals surface area (Å²) in [6.07, 6.45) is 1.02. The number of hydrogen-bond acceptors (Lipinski definition) is 3. The molecule has 0 saturated carbocycles. The zero-order valence-corrected chi connectivity index (χ0v) is 15.7. The lowest BCUT2D eigenvalue weighted by Gasteiger charge is -2.18. The van der Waals surface area contributed by atoms with Gasteiger partial charge in [-0.1, -0.05) is 18.5 Å². The smallest absolute Gasteiger partial charge is 0.145 e. The Labute approximate surface area is 155 Å². The van der Waals surface area contributed by atoms with Crippen LogP contribution in [0.25, 0.3) is 0 Å². The Morgan fingerprint density at radius 1 is 1.32 bits per heavy atom. The van der Waals surface area contributed by atoms with E-state index in [2.05, 4.69) is 13.0 Å². The molecule has 25 heavy (non-hydrogen) atoms. The molecule has 0 N–H and O–H groups in total. The molecule has 2 atom stereocenters. The van der Waals surface area contributed by atoms with Gasteiger partial charge in [0.25, 0.3) is 0 Å². The van der Waals surface area contributed by atoms with Crippen LogP contribution in [-0.4, -0.2) is 21.6 Å². The lowest BCUT2D eigenvalue weighted by Crippen LogP contribution is -2.23. The Bertz CT molecular complexity index is 843. The van der Waals surface area contributed by atoms with Crippen molar-refractivity contribution < 1.29 is 8.95 Å². The summed E-state index contributed by atoms with van der Waals surface area (Å²) >= 11 is 6.09. The van der Waals surface area contributed by atoms with Gasteiger partial charge in [-0.15, -0.1) is 0 Å². The van der Waals surface area contributed by atoms with Gasteiger partial charge in [-0.05, 0) is 61.2 Å². The van der Waals surface area contributed by atoms with Crippen LogP contribution in [-0.2, 0) is 11.0 Å². The van der Waals surface area contributed by atoms with Gasteiger partial charge in [0.15, 0.2) is 0 Å². The van der Waals surface area contributed by atoms with Crippen molar-refractivity contribution in [3.63, 3.8) is 0 Å². The average Bonchev–Trinajstić information content (AvgIpc) is 3.00. The highest BCUT2D eigenvalue weighted by Crippen LogP contribution is 2.33. The second-order valence-electron chi connectivity index (χ2n) is 6.37. The highest BCUT2D eigenvalue weighted by Gasteiger charge is 2.26. The molecule has 4 nitrogen and oxygen atoms in total. The molecule has 6 heteroatoms. The quantitative estimate of drug-likeness (QED) is 0.780. The normalized spacial score (nSPS) is 18.7. The molecule has 0 aliphatic carbocycles. The number of nitrogens with zero attached hydrogens (tertiary/aromatic N) is 2. The summed E-state index contributed by atoms with van der Waals surface area (Å²) in [5.41, 5.74) is 1.44. The maximum absolute atomic E-state index is 13.0. The molecule has 3 rings (SSSR count). The second-order valence-corrected chi connectivity index (χ2v) is 8.26. The van der Waals surface area contributed by atoms with Crippen LogP contribution in [0.15, 0.2) is 41.3 Å². The molecule has 2 aromatic rings. The molecular weight excluding hydrogens is 356 g/mol. The number of ether oxygens (including phenoxy) is 1. The highest BCUT2D eigenvalue weighted by atomic mass is 35.5. The molecular formula is C19H19ClN2O2S. The summed E-state index contributed by atoms with van der Waals surface area (Å²) < 4.78 is 20.9. The van der Waals surface area contributed by atoms with E-state index in [9.17, 15) is 9.47 Å². The van der Waals surface area contributed by atoms with Crippen molar-refractivity contribution in [1.82, 2.24) is 4.31 Å². The third-order valence-corrected chi connectivity index (χ3v) is 5.84. The van der Waals surface area contributed by atoms with Gasteiger partial charge in [0.2, 0.25) is 0 Å². The van der Waals surface area contributed by atoms with E-state index in [1.807, 2.05) is 23.4 Å². The molecule has 130 valence electrons. The third-order valence-electron chi connectivity index (χ3n) is 4.13. The minimum atomic E-state index is -1.36. The molecule has 1 fully saturated rings. The maximum atomic E-state index is 13.0. The van der Waals surface area contributed by atoms with E-state index in [0.717, 1.165) is 25.1 Å². The summed E-state index contributed by atoms with van der Waals surface area (Å²) in [6, 6.07) is 12.5. The SMILES string of the molecule is Cc1cc(Cl)cc(Oc2ccc(C#N)cc2S(=O)N2CCC(C)C2)c1. The average molecular weight is 375 g/mol. The van der Waals surface area contributed by atoms with Crippen molar-refractivity contribution in [2.45, 2.75) is 25.2 Å². The van der Waals surface area contributed by atoms with Crippen LogP contribution in [0.1, 0.15) is 24.5 Å². The molecule has 1 heterocycles. The summed E-state index contributed by atoms with van der Waals surface area (Å²) in [4.78, 5) is 0.519. The summed E-state index contributed by atoms with van der Waals surface area (Å²) in [5, 5.41) is 9.77. The first-order chi connectivity index (χ1) is 12.0. The van der Waals surface area contributed by atoms with Crippen LogP contribution >= 0.6 is 11.6 Å². The number of hydrogen-bond donors (Lipinski definition) is 0. The molecule has 0 amide bonds. The Balaban J connectivity index is 1.96. The zero-order chi connectivity index (χ0) is 18.0. The van der Waals surface area contributed by atoms with Crippen molar-refractivity contribution in [2.24, 2.45) is 5.92 Å². The summed E-state index contributed by atoms with van der Waals surface area (Å²) in [6.45, 7) is 5.64. The minimum Gasteiger partial charge on any atom is -0.456 e. The molecule has 0 bridgehead atoms. The fourth-order valence-corrected chi connectivity index (χ4v) is 4.60. The van der Waals surface area contributed by atoms with Gasteiger partial charge in [0, 0.05) is 18.1 Å². The van der Waals surface area contributed by atoms with Crippen LogP contribution in [0.2, 0.25) is 5.02 Å². The van der Waals surface area contributed by atoms with E-state index in [-0.39, 0.29) is 0 Å². The summed E-state index contributed by atoms with van der Waals surface area (Å²) in [5.74, 6) is 1.59. The molecule has 0 aromatic heterocycles. The van der Waals surface area contributed by atoms with Gasteiger partial charge < -0.3 is 4.74 Å². The van der Waals surface area contributed by atoms with Crippen molar-refractivity contribution in [3.05, 3.63) is 52.5 Å². The van der Waals surface area contributed by atoms with E-state index in [4.69, 9.17) is 16.3 Å². The predicted molar refractivity (Wildman–Crippen MR) is 99.2 cm³/mol. The third kappa shape index (κ3) is 4.21. The van der Waals surface area contributed by atoms with E-state index >= 15 is 0 Å². The summed E-state index contributed by atoms with van der Waals surface area (Å²) in [7, 11) is -1.36. The van der Waals surface area contributed by atoms with Crippen molar-refractivity contribution >= 4 is 22.6 Å². The van der Waals surface area contributed by atoms with Gasteiger partial charge in [-0.25, -0.2) is 8.51 Å². The molecule has 1 saturated heterocycles. The van der Waals surface area contributed by atoms with Crippen LogP contribution in [0.3, 0.4) is 0 Å². The second kappa shape index (κ2) is 7.57. The standard InChI is InChI=1S/C19H19ClN2O2S/c1-13-5-6-22(12-13)25(23)19-9-15(11-21)3-4-18(19)24-17-8-14(2)7-16(20)10-17/h3-4,7-10,13H,5-6,12H2,1-2H3. The lowest BCUT2D eigenvalue weighted by atomic mass is 10.2. The number of rotatable bonds is 4. The number of aryl methyl sites for hydroxylation is 1. The van der Waals surface area contributed by atoms with Gasteiger partial charge in [-0.3, -0.25) is 0 Å². The van der Waals surface area contributed by atoms with Gasteiger partial charge in [0.1, 0.15) is 22.5 Å². The fourth-order valence-electron chi connectivity index (χ4n) is 2.87. The van der Waals surface area contributed by atoms with Crippen LogP contribution in [0, 0.1) is 24.2 Å². The monoisotopic (exact) mass is 374 g/mol. The Morgan fingerprint density at radius 2 is 2.12 bits per heavy atom. The lowest BCUT2D eigenvalue weighted by molar-refractivity contribution is 0.463. The van der Waals surface area contributed by atoms with Gasteiger partial charge >= 0.3 is 0 Å². The number of benzene rings is 2. The highest BCUT2D eigenvalue weighted by molar-refractivity contribution is 7.82.